The van der Waals surface area contributed by atoms with Crippen LogP contribution in [0.2, 0.25) is 0 Å². The summed E-state index contributed by atoms with van der Waals surface area (Å²) >= 11 is 6.92. The third kappa shape index (κ3) is 3.06. The van der Waals surface area contributed by atoms with E-state index in [1.54, 1.807) is 6.07 Å². The lowest BCUT2D eigenvalue weighted by Crippen LogP contribution is -2.00. The lowest BCUT2D eigenvalue weighted by molar-refractivity contribution is 0.471. The first-order valence-electron chi connectivity index (χ1n) is 6.53. The van der Waals surface area contributed by atoms with Crippen molar-refractivity contribution in [2.75, 3.05) is 5.32 Å². The molecule has 4 heteroatoms. The van der Waals surface area contributed by atoms with Gasteiger partial charge in [-0.3, -0.25) is 0 Å². The molecule has 3 aromatic carbocycles. The fourth-order valence-electron chi connectivity index (χ4n) is 2.27. The Morgan fingerprint density at radius 2 is 1.62 bits per heavy atom. The van der Waals surface area contributed by atoms with Gasteiger partial charge in [0.15, 0.2) is 0 Å². The molecule has 0 aliphatic heterocycles. The molecule has 0 bridgehead atoms. The summed E-state index contributed by atoms with van der Waals surface area (Å²) in [5.74, 6) is 0.257. The molecule has 0 spiro atoms. The fraction of sp³-hybridized carbons (Fsp3) is 0.0588. The van der Waals surface area contributed by atoms with Gasteiger partial charge in [-0.2, -0.15) is 0 Å². The predicted octanol–water partition coefficient (Wildman–Crippen LogP) is 5.68. The first kappa shape index (κ1) is 14.4. The lowest BCUT2D eigenvalue weighted by atomic mass is 10.1. The van der Waals surface area contributed by atoms with Crippen LogP contribution in [0.1, 0.15) is 5.56 Å². The highest BCUT2D eigenvalue weighted by Gasteiger charge is 2.04. The smallest absolute Gasteiger partial charge is 0.129 e. The van der Waals surface area contributed by atoms with Crippen LogP contribution in [0.5, 0.6) is 5.75 Å². The minimum atomic E-state index is 0.257. The minimum Gasteiger partial charge on any atom is -0.507 e. The van der Waals surface area contributed by atoms with E-state index in [-0.39, 0.29) is 5.75 Å². The normalized spacial score (nSPS) is 10.8. The molecule has 0 amide bonds. The first-order chi connectivity index (χ1) is 10.1. The van der Waals surface area contributed by atoms with Crippen LogP contribution in [-0.2, 0) is 6.54 Å². The topological polar surface area (TPSA) is 32.3 Å². The summed E-state index contributed by atoms with van der Waals surface area (Å²) in [7, 11) is 0. The molecule has 0 atom stereocenters. The molecule has 0 saturated heterocycles. The monoisotopic (exact) mass is 405 g/mol. The van der Waals surface area contributed by atoms with Crippen LogP contribution in [-0.4, -0.2) is 5.11 Å². The SMILES string of the molecule is Oc1ccc(CNc2ccc(Br)c3ccccc23)cc1Br. The average Bonchev–Trinajstić information content (AvgIpc) is 2.50. The molecule has 0 radical (unpaired) electrons. The van der Waals surface area contributed by atoms with Gasteiger partial charge in [-0.25, -0.2) is 0 Å². The molecular weight excluding hydrogens is 394 g/mol. The second-order valence-corrected chi connectivity index (χ2v) is 6.49. The molecule has 0 aliphatic carbocycles. The highest BCUT2D eigenvalue weighted by molar-refractivity contribution is 9.11. The maximum Gasteiger partial charge on any atom is 0.129 e. The maximum absolute atomic E-state index is 9.53. The van der Waals surface area contributed by atoms with Gasteiger partial charge in [0, 0.05) is 22.1 Å². The summed E-state index contributed by atoms with van der Waals surface area (Å²) in [6, 6.07) is 17.9. The Hall–Kier alpha value is -1.52. The van der Waals surface area contributed by atoms with Crippen molar-refractivity contribution in [2.45, 2.75) is 6.54 Å². The number of hydrogen-bond acceptors (Lipinski definition) is 2. The van der Waals surface area contributed by atoms with Crippen LogP contribution in [0.15, 0.2) is 63.5 Å². The summed E-state index contributed by atoms with van der Waals surface area (Å²) in [6.45, 7) is 0.699. The van der Waals surface area contributed by atoms with Crippen molar-refractivity contribution >= 4 is 48.3 Å². The van der Waals surface area contributed by atoms with Gasteiger partial charge >= 0.3 is 0 Å². The van der Waals surface area contributed by atoms with Crippen LogP contribution in [0, 0.1) is 0 Å². The Morgan fingerprint density at radius 3 is 2.38 bits per heavy atom. The zero-order chi connectivity index (χ0) is 14.8. The third-order valence-electron chi connectivity index (χ3n) is 3.37. The van der Waals surface area contributed by atoms with E-state index < -0.39 is 0 Å². The van der Waals surface area contributed by atoms with Crippen molar-refractivity contribution in [3.8, 4) is 5.75 Å². The molecule has 3 rings (SSSR count). The van der Waals surface area contributed by atoms with E-state index in [2.05, 4.69) is 61.4 Å². The second kappa shape index (κ2) is 6.08. The van der Waals surface area contributed by atoms with Crippen LogP contribution >= 0.6 is 31.9 Å². The number of benzene rings is 3. The molecule has 0 fully saturated rings. The number of nitrogens with one attached hydrogen (secondary N) is 1. The van der Waals surface area contributed by atoms with E-state index in [4.69, 9.17) is 0 Å². The molecule has 0 unspecified atom stereocenters. The van der Waals surface area contributed by atoms with Gasteiger partial charge in [-0.15, -0.1) is 0 Å². The number of phenols is 1. The zero-order valence-electron chi connectivity index (χ0n) is 11.1. The van der Waals surface area contributed by atoms with Crippen LogP contribution in [0.25, 0.3) is 10.8 Å². The quantitative estimate of drug-likeness (QED) is 0.586. The molecule has 2 nitrogen and oxygen atoms in total. The predicted molar refractivity (Wildman–Crippen MR) is 94.8 cm³/mol. The van der Waals surface area contributed by atoms with Gasteiger partial charge in [-0.05, 0) is 51.1 Å². The van der Waals surface area contributed by atoms with Gasteiger partial charge in [0.2, 0.25) is 0 Å². The van der Waals surface area contributed by atoms with Gasteiger partial charge < -0.3 is 10.4 Å². The third-order valence-corrected chi connectivity index (χ3v) is 4.69. The standard InChI is InChI=1S/C17H13Br2NO/c18-14-6-7-16(13-4-2-1-3-12(13)14)20-10-11-5-8-17(21)15(19)9-11/h1-9,20-21H,10H2. The number of phenolic OH excluding ortho intramolecular Hbond substituents is 1. The Kier molecular flexibility index (Phi) is 4.17. The van der Waals surface area contributed by atoms with Crippen molar-refractivity contribution in [1.29, 1.82) is 0 Å². The van der Waals surface area contributed by atoms with Gasteiger partial charge in [0.1, 0.15) is 5.75 Å². The van der Waals surface area contributed by atoms with Gasteiger partial charge in [-0.1, -0.05) is 46.3 Å². The summed E-state index contributed by atoms with van der Waals surface area (Å²) in [5.41, 5.74) is 2.20. The van der Waals surface area contributed by atoms with Crippen molar-refractivity contribution in [2.24, 2.45) is 0 Å². The number of hydrogen-bond donors (Lipinski definition) is 2. The average molecular weight is 407 g/mol. The Balaban J connectivity index is 1.88. The van der Waals surface area contributed by atoms with Crippen LogP contribution in [0.3, 0.4) is 0 Å². The van der Waals surface area contributed by atoms with E-state index in [1.807, 2.05) is 24.3 Å². The van der Waals surface area contributed by atoms with Crippen molar-refractivity contribution < 1.29 is 5.11 Å². The second-order valence-electron chi connectivity index (χ2n) is 4.78. The van der Waals surface area contributed by atoms with E-state index in [9.17, 15) is 5.11 Å². The number of fused-ring (bicyclic) bond motifs is 1. The molecule has 3 aromatic rings. The molecule has 2 N–H and O–H groups in total. The highest BCUT2D eigenvalue weighted by Crippen LogP contribution is 2.30. The van der Waals surface area contributed by atoms with E-state index >= 15 is 0 Å². The molecule has 0 aromatic heterocycles. The summed E-state index contributed by atoms with van der Waals surface area (Å²) in [5, 5.41) is 15.4. The Bertz CT molecular complexity index is 802. The number of anilines is 1. The summed E-state index contributed by atoms with van der Waals surface area (Å²) in [6.07, 6.45) is 0. The van der Waals surface area contributed by atoms with E-state index in [0.717, 1.165) is 15.7 Å². The Morgan fingerprint density at radius 1 is 0.857 bits per heavy atom. The minimum absolute atomic E-state index is 0.257. The van der Waals surface area contributed by atoms with Crippen LogP contribution < -0.4 is 5.32 Å². The maximum atomic E-state index is 9.53. The summed E-state index contributed by atoms with van der Waals surface area (Å²) in [4.78, 5) is 0. The molecule has 0 aliphatic rings. The number of halogens is 2. The Labute approximate surface area is 140 Å². The molecular formula is C17H13Br2NO. The number of rotatable bonds is 3. The first-order valence-corrected chi connectivity index (χ1v) is 8.12. The van der Waals surface area contributed by atoms with Crippen molar-refractivity contribution in [1.82, 2.24) is 0 Å². The molecule has 0 saturated carbocycles. The largest absolute Gasteiger partial charge is 0.507 e. The van der Waals surface area contributed by atoms with Crippen molar-refractivity contribution in [3.63, 3.8) is 0 Å². The van der Waals surface area contributed by atoms with Crippen LogP contribution in [0.4, 0.5) is 5.69 Å². The van der Waals surface area contributed by atoms with E-state index in [0.29, 0.717) is 11.0 Å². The number of aromatic hydroxyl groups is 1. The highest BCUT2D eigenvalue weighted by atomic mass is 79.9. The van der Waals surface area contributed by atoms with Crippen molar-refractivity contribution in [3.05, 3.63) is 69.1 Å². The molecule has 0 heterocycles. The summed E-state index contributed by atoms with van der Waals surface area (Å²) < 4.78 is 1.80. The molecule has 21 heavy (non-hydrogen) atoms. The van der Waals surface area contributed by atoms with E-state index in [1.165, 1.54) is 10.8 Å². The van der Waals surface area contributed by atoms with Gasteiger partial charge in [0.25, 0.3) is 0 Å². The lowest BCUT2D eigenvalue weighted by Gasteiger charge is -2.11. The fourth-order valence-corrected chi connectivity index (χ4v) is 3.18. The zero-order valence-corrected chi connectivity index (χ0v) is 14.3. The molecule has 106 valence electrons. The van der Waals surface area contributed by atoms with Gasteiger partial charge in [0.05, 0.1) is 4.47 Å².